The molecule has 0 saturated heterocycles. The summed E-state index contributed by atoms with van der Waals surface area (Å²) in [6, 6.07) is 11.9. The number of nitrogens with one attached hydrogen (secondary N) is 2. The van der Waals surface area contributed by atoms with Crippen molar-refractivity contribution < 1.29 is 4.79 Å². The standard InChI is InChI=1S/C19H26N4O/c1-4-13-20-19(24)18-12-9-16(14-21-18)22-15-7-10-17(11-8-15)23(5-2)6-3/h7-12,14,22H,4-6,13H2,1-3H3,(H,20,24). The molecule has 1 aromatic carbocycles. The number of carbonyl (C=O) groups excluding carboxylic acids is 1. The van der Waals surface area contributed by atoms with Crippen LogP contribution in [0.5, 0.6) is 0 Å². The van der Waals surface area contributed by atoms with E-state index in [-0.39, 0.29) is 5.91 Å². The monoisotopic (exact) mass is 326 g/mol. The number of anilines is 3. The number of amides is 1. The smallest absolute Gasteiger partial charge is 0.269 e. The van der Waals surface area contributed by atoms with E-state index in [2.05, 4.69) is 58.6 Å². The predicted molar refractivity (Wildman–Crippen MR) is 100 cm³/mol. The Hall–Kier alpha value is -2.56. The van der Waals surface area contributed by atoms with Gasteiger partial charge in [-0.15, -0.1) is 0 Å². The first-order valence-electron chi connectivity index (χ1n) is 8.54. The van der Waals surface area contributed by atoms with Crippen molar-refractivity contribution in [2.24, 2.45) is 0 Å². The van der Waals surface area contributed by atoms with Gasteiger partial charge in [0.1, 0.15) is 5.69 Å². The minimum absolute atomic E-state index is 0.132. The van der Waals surface area contributed by atoms with Crippen LogP contribution in [-0.2, 0) is 0 Å². The largest absolute Gasteiger partial charge is 0.372 e. The lowest BCUT2D eigenvalue weighted by Crippen LogP contribution is -2.24. The number of pyridine rings is 1. The molecule has 0 aliphatic heterocycles. The number of nitrogens with zero attached hydrogens (tertiary/aromatic N) is 2. The summed E-state index contributed by atoms with van der Waals surface area (Å²) >= 11 is 0. The molecule has 5 heteroatoms. The van der Waals surface area contributed by atoms with Gasteiger partial charge in [-0.2, -0.15) is 0 Å². The Morgan fingerprint density at radius 1 is 1.00 bits per heavy atom. The molecule has 2 N–H and O–H groups in total. The van der Waals surface area contributed by atoms with Gasteiger partial charge in [-0.05, 0) is 56.7 Å². The van der Waals surface area contributed by atoms with Crippen molar-refractivity contribution in [2.45, 2.75) is 27.2 Å². The molecule has 128 valence electrons. The van der Waals surface area contributed by atoms with Crippen LogP contribution >= 0.6 is 0 Å². The highest BCUT2D eigenvalue weighted by molar-refractivity contribution is 5.92. The van der Waals surface area contributed by atoms with Crippen molar-refractivity contribution in [2.75, 3.05) is 29.9 Å². The predicted octanol–water partition coefficient (Wildman–Crippen LogP) is 3.81. The van der Waals surface area contributed by atoms with Crippen molar-refractivity contribution in [3.63, 3.8) is 0 Å². The van der Waals surface area contributed by atoms with Crippen molar-refractivity contribution >= 4 is 23.0 Å². The molecular weight excluding hydrogens is 300 g/mol. The Bertz CT molecular complexity index is 633. The zero-order valence-corrected chi connectivity index (χ0v) is 14.7. The SMILES string of the molecule is CCCNC(=O)c1ccc(Nc2ccc(N(CC)CC)cc2)cn1. The first-order chi connectivity index (χ1) is 11.7. The van der Waals surface area contributed by atoms with Crippen molar-refractivity contribution in [1.82, 2.24) is 10.3 Å². The first kappa shape index (κ1) is 17.8. The number of hydrogen-bond acceptors (Lipinski definition) is 4. The molecule has 5 nitrogen and oxygen atoms in total. The molecule has 0 bridgehead atoms. The summed E-state index contributed by atoms with van der Waals surface area (Å²) in [5, 5.41) is 6.12. The normalized spacial score (nSPS) is 10.3. The summed E-state index contributed by atoms with van der Waals surface area (Å²) in [6.07, 6.45) is 2.59. The van der Waals surface area contributed by atoms with Crippen LogP contribution in [0.4, 0.5) is 17.1 Å². The van der Waals surface area contributed by atoms with Crippen LogP contribution in [0.25, 0.3) is 0 Å². The molecule has 0 fully saturated rings. The van der Waals surface area contributed by atoms with Crippen LogP contribution in [0.3, 0.4) is 0 Å². The topological polar surface area (TPSA) is 57.3 Å². The fraction of sp³-hybridized carbons (Fsp3) is 0.368. The summed E-state index contributed by atoms with van der Waals surface area (Å²) in [7, 11) is 0. The van der Waals surface area contributed by atoms with Crippen LogP contribution < -0.4 is 15.5 Å². The lowest BCUT2D eigenvalue weighted by Gasteiger charge is -2.21. The molecule has 0 unspecified atom stereocenters. The Labute approximate surface area is 144 Å². The summed E-state index contributed by atoms with van der Waals surface area (Å²) in [4.78, 5) is 18.4. The molecule has 2 aromatic rings. The minimum atomic E-state index is -0.132. The van der Waals surface area contributed by atoms with Crippen LogP contribution in [0.2, 0.25) is 0 Å². The molecule has 2 rings (SSSR count). The van der Waals surface area contributed by atoms with Gasteiger partial charge in [0.05, 0.1) is 11.9 Å². The molecular formula is C19H26N4O. The van der Waals surface area contributed by atoms with Crippen LogP contribution in [-0.4, -0.2) is 30.5 Å². The van der Waals surface area contributed by atoms with Gasteiger partial charge in [0.15, 0.2) is 0 Å². The van der Waals surface area contributed by atoms with Gasteiger partial charge >= 0.3 is 0 Å². The fourth-order valence-electron chi connectivity index (χ4n) is 2.44. The molecule has 0 atom stereocenters. The number of benzene rings is 1. The second kappa shape index (κ2) is 8.91. The van der Waals surface area contributed by atoms with E-state index < -0.39 is 0 Å². The third-order valence-corrected chi connectivity index (χ3v) is 3.82. The summed E-state index contributed by atoms with van der Waals surface area (Å²) in [5.41, 5.74) is 3.51. The van der Waals surface area contributed by atoms with Crippen LogP contribution in [0.1, 0.15) is 37.7 Å². The van der Waals surface area contributed by atoms with E-state index in [1.807, 2.05) is 13.0 Å². The number of rotatable bonds is 8. The molecule has 1 heterocycles. The van der Waals surface area contributed by atoms with E-state index in [1.165, 1.54) is 5.69 Å². The summed E-state index contributed by atoms with van der Waals surface area (Å²) in [6.45, 7) is 8.98. The van der Waals surface area contributed by atoms with E-state index >= 15 is 0 Å². The highest BCUT2D eigenvalue weighted by Crippen LogP contribution is 2.20. The average molecular weight is 326 g/mol. The maximum Gasteiger partial charge on any atom is 0.269 e. The molecule has 0 radical (unpaired) electrons. The lowest BCUT2D eigenvalue weighted by atomic mass is 10.2. The number of hydrogen-bond donors (Lipinski definition) is 2. The van der Waals surface area contributed by atoms with E-state index in [0.717, 1.165) is 30.9 Å². The maximum atomic E-state index is 11.8. The van der Waals surface area contributed by atoms with E-state index in [9.17, 15) is 4.79 Å². The molecule has 1 aromatic heterocycles. The zero-order valence-electron chi connectivity index (χ0n) is 14.7. The van der Waals surface area contributed by atoms with Crippen molar-refractivity contribution in [3.05, 3.63) is 48.3 Å². The molecule has 0 saturated carbocycles. The van der Waals surface area contributed by atoms with Gasteiger partial charge in [0.2, 0.25) is 0 Å². The van der Waals surface area contributed by atoms with Crippen LogP contribution in [0.15, 0.2) is 42.6 Å². The van der Waals surface area contributed by atoms with Gasteiger partial charge in [0.25, 0.3) is 5.91 Å². The lowest BCUT2D eigenvalue weighted by molar-refractivity contribution is 0.0949. The highest BCUT2D eigenvalue weighted by Gasteiger charge is 2.06. The van der Waals surface area contributed by atoms with Crippen molar-refractivity contribution in [1.29, 1.82) is 0 Å². The number of carbonyl (C=O) groups is 1. The number of aromatic nitrogens is 1. The van der Waals surface area contributed by atoms with Crippen LogP contribution in [0, 0.1) is 0 Å². The molecule has 24 heavy (non-hydrogen) atoms. The van der Waals surface area contributed by atoms with Gasteiger partial charge in [-0.25, -0.2) is 4.98 Å². The maximum absolute atomic E-state index is 11.8. The van der Waals surface area contributed by atoms with E-state index in [0.29, 0.717) is 12.2 Å². The first-order valence-corrected chi connectivity index (χ1v) is 8.54. The highest BCUT2D eigenvalue weighted by atomic mass is 16.1. The Morgan fingerprint density at radius 2 is 1.67 bits per heavy atom. The minimum Gasteiger partial charge on any atom is -0.372 e. The quantitative estimate of drug-likeness (QED) is 0.774. The second-order valence-electron chi connectivity index (χ2n) is 5.53. The Kier molecular flexibility index (Phi) is 6.61. The average Bonchev–Trinajstić information content (AvgIpc) is 2.62. The summed E-state index contributed by atoms with van der Waals surface area (Å²) < 4.78 is 0. The molecule has 1 amide bonds. The van der Waals surface area contributed by atoms with Crippen molar-refractivity contribution in [3.8, 4) is 0 Å². The Morgan fingerprint density at radius 3 is 2.21 bits per heavy atom. The second-order valence-corrected chi connectivity index (χ2v) is 5.53. The molecule has 0 spiro atoms. The van der Waals surface area contributed by atoms with Gasteiger partial charge in [0, 0.05) is 31.0 Å². The molecule has 0 aliphatic carbocycles. The molecule has 0 aliphatic rings. The van der Waals surface area contributed by atoms with Gasteiger partial charge in [-0.3, -0.25) is 4.79 Å². The fourth-order valence-corrected chi connectivity index (χ4v) is 2.44. The third kappa shape index (κ3) is 4.72. The zero-order chi connectivity index (χ0) is 17.4. The Balaban J connectivity index is 1.99. The third-order valence-electron chi connectivity index (χ3n) is 3.82. The summed E-state index contributed by atoms with van der Waals surface area (Å²) in [5.74, 6) is -0.132. The van der Waals surface area contributed by atoms with Gasteiger partial charge < -0.3 is 15.5 Å². The van der Waals surface area contributed by atoms with E-state index in [4.69, 9.17) is 0 Å². The van der Waals surface area contributed by atoms with Gasteiger partial charge in [-0.1, -0.05) is 6.92 Å². The van der Waals surface area contributed by atoms with E-state index in [1.54, 1.807) is 12.3 Å².